The van der Waals surface area contributed by atoms with Gasteiger partial charge in [0.25, 0.3) is 6.43 Å². The van der Waals surface area contributed by atoms with Gasteiger partial charge >= 0.3 is 0 Å². The van der Waals surface area contributed by atoms with E-state index in [9.17, 15) is 13.9 Å². The van der Waals surface area contributed by atoms with Crippen LogP contribution in [0, 0.1) is 10.5 Å². The smallest absolute Gasteiger partial charge is 0.268 e. The summed E-state index contributed by atoms with van der Waals surface area (Å²) in [6.45, 7) is 1.48. The van der Waals surface area contributed by atoms with Crippen LogP contribution in [0.3, 0.4) is 0 Å². The van der Waals surface area contributed by atoms with Gasteiger partial charge in [0.05, 0.1) is 11.3 Å². The van der Waals surface area contributed by atoms with Gasteiger partial charge in [-0.15, -0.1) is 0 Å². The molecule has 1 heterocycles. The first-order valence-electron chi connectivity index (χ1n) is 3.16. The third-order valence-electron chi connectivity index (χ3n) is 1.44. The highest BCUT2D eigenvalue weighted by atomic mass is 127. The topological polar surface area (TPSA) is 33.1 Å². The molecule has 0 aliphatic heterocycles. The molecule has 0 saturated carbocycles. The molecule has 1 aromatic rings. The van der Waals surface area contributed by atoms with E-state index in [1.807, 2.05) is 0 Å². The molecule has 0 aliphatic rings. The zero-order valence-corrected chi connectivity index (χ0v) is 8.34. The third-order valence-corrected chi connectivity index (χ3v) is 2.30. The second kappa shape index (κ2) is 3.51. The lowest BCUT2D eigenvalue weighted by Crippen LogP contribution is -1.94. The summed E-state index contributed by atoms with van der Waals surface area (Å²) in [5.41, 5.74) is -0.103. The molecular weight excluding hydrogens is 279 g/mol. The van der Waals surface area contributed by atoms with Crippen molar-refractivity contribution in [2.24, 2.45) is 0 Å². The summed E-state index contributed by atoms with van der Waals surface area (Å²) in [5.74, 6) is -0.406. The minimum Gasteiger partial charge on any atom is -0.506 e. The Labute approximate surface area is 81.8 Å². The molecular formula is C7H6F2INO. The van der Waals surface area contributed by atoms with Gasteiger partial charge in [-0.2, -0.15) is 0 Å². The van der Waals surface area contributed by atoms with Gasteiger partial charge < -0.3 is 5.11 Å². The van der Waals surface area contributed by atoms with Crippen LogP contribution in [0.2, 0.25) is 0 Å². The lowest BCUT2D eigenvalue weighted by Gasteiger charge is -2.06. The number of nitrogens with zero attached hydrogens (tertiary/aromatic N) is 1. The van der Waals surface area contributed by atoms with E-state index >= 15 is 0 Å². The lowest BCUT2D eigenvalue weighted by atomic mass is 10.2. The molecule has 1 rings (SSSR count). The highest BCUT2D eigenvalue weighted by molar-refractivity contribution is 14.1. The quantitative estimate of drug-likeness (QED) is 0.805. The van der Waals surface area contributed by atoms with E-state index in [1.54, 1.807) is 22.6 Å². The molecule has 0 unspecified atom stereocenters. The Balaban J connectivity index is 3.33. The van der Waals surface area contributed by atoms with Crippen LogP contribution in [0.25, 0.3) is 0 Å². The Morgan fingerprint density at radius 1 is 1.58 bits per heavy atom. The largest absolute Gasteiger partial charge is 0.506 e. The summed E-state index contributed by atoms with van der Waals surface area (Å²) in [6.07, 6.45) is -1.34. The Morgan fingerprint density at radius 2 is 2.17 bits per heavy atom. The van der Waals surface area contributed by atoms with Crippen molar-refractivity contribution < 1.29 is 13.9 Å². The molecule has 12 heavy (non-hydrogen) atoms. The number of pyridine rings is 1. The number of aryl methyl sites for hydroxylation is 1. The van der Waals surface area contributed by atoms with E-state index < -0.39 is 12.2 Å². The van der Waals surface area contributed by atoms with Gasteiger partial charge in [-0.1, -0.05) is 0 Å². The first kappa shape index (κ1) is 9.63. The highest BCUT2D eigenvalue weighted by Gasteiger charge is 2.18. The number of rotatable bonds is 1. The van der Waals surface area contributed by atoms with Gasteiger partial charge in [0, 0.05) is 9.77 Å². The van der Waals surface area contributed by atoms with Crippen LogP contribution in [-0.2, 0) is 0 Å². The molecule has 0 aromatic carbocycles. The SMILES string of the molecule is Cc1ncc(I)c(C(F)F)c1O. The average Bonchev–Trinajstić information content (AvgIpc) is 1.97. The van der Waals surface area contributed by atoms with Crippen molar-refractivity contribution in [1.82, 2.24) is 4.98 Å². The molecule has 0 amide bonds. The maximum Gasteiger partial charge on any atom is 0.268 e. The summed E-state index contributed by atoms with van der Waals surface area (Å²) >= 11 is 1.72. The molecule has 0 atom stereocenters. The maximum absolute atomic E-state index is 12.3. The van der Waals surface area contributed by atoms with E-state index in [1.165, 1.54) is 13.1 Å². The van der Waals surface area contributed by atoms with E-state index in [2.05, 4.69) is 4.98 Å². The molecule has 1 aromatic heterocycles. The summed E-state index contributed by atoms with van der Waals surface area (Å²) in [7, 11) is 0. The fraction of sp³-hybridized carbons (Fsp3) is 0.286. The Bertz CT molecular complexity index is 304. The fourth-order valence-corrected chi connectivity index (χ4v) is 1.43. The summed E-state index contributed by atoms with van der Waals surface area (Å²) in [5, 5.41) is 9.20. The standard InChI is InChI=1S/C7H6F2INO/c1-3-6(12)5(7(8)9)4(10)2-11-3/h2,7,12H,1H3. The predicted molar refractivity (Wildman–Crippen MR) is 48.3 cm³/mol. The van der Waals surface area contributed by atoms with Crippen molar-refractivity contribution in [3.63, 3.8) is 0 Å². The number of hydrogen-bond donors (Lipinski definition) is 1. The molecule has 0 bridgehead atoms. The first-order valence-corrected chi connectivity index (χ1v) is 4.24. The maximum atomic E-state index is 12.3. The number of hydrogen-bond acceptors (Lipinski definition) is 2. The lowest BCUT2D eigenvalue weighted by molar-refractivity contribution is 0.146. The third kappa shape index (κ3) is 1.65. The molecule has 66 valence electrons. The summed E-state index contributed by atoms with van der Waals surface area (Å²) < 4.78 is 24.8. The minimum absolute atomic E-state index is 0.228. The number of halogens is 3. The van der Waals surface area contributed by atoms with Crippen molar-refractivity contribution >= 4 is 22.6 Å². The zero-order chi connectivity index (χ0) is 9.30. The molecule has 0 aliphatic carbocycles. The molecule has 1 N–H and O–H groups in total. The van der Waals surface area contributed by atoms with Crippen molar-refractivity contribution in [2.75, 3.05) is 0 Å². The van der Waals surface area contributed by atoms with Gasteiger partial charge in [0.2, 0.25) is 0 Å². The Kier molecular flexibility index (Phi) is 2.81. The summed E-state index contributed by atoms with van der Waals surface area (Å²) in [4.78, 5) is 3.73. The van der Waals surface area contributed by atoms with E-state index in [0.29, 0.717) is 0 Å². The van der Waals surface area contributed by atoms with E-state index in [0.717, 1.165) is 0 Å². The highest BCUT2D eigenvalue weighted by Crippen LogP contribution is 2.33. The summed E-state index contributed by atoms with van der Waals surface area (Å²) in [6, 6.07) is 0. The van der Waals surface area contributed by atoms with Crippen LogP contribution in [-0.4, -0.2) is 10.1 Å². The number of alkyl halides is 2. The van der Waals surface area contributed by atoms with Crippen LogP contribution in [0.5, 0.6) is 5.75 Å². The van der Waals surface area contributed by atoms with Crippen molar-refractivity contribution in [3.05, 3.63) is 21.0 Å². The Morgan fingerprint density at radius 3 is 2.58 bits per heavy atom. The predicted octanol–water partition coefficient (Wildman–Crippen LogP) is 2.64. The Hall–Kier alpha value is -0.460. The molecule has 0 spiro atoms. The first-order chi connectivity index (χ1) is 5.54. The molecule has 0 fully saturated rings. The van der Waals surface area contributed by atoms with Crippen LogP contribution < -0.4 is 0 Å². The van der Waals surface area contributed by atoms with Crippen LogP contribution in [0.1, 0.15) is 17.7 Å². The van der Waals surface area contributed by atoms with Crippen LogP contribution in [0.15, 0.2) is 6.20 Å². The monoisotopic (exact) mass is 285 g/mol. The number of aromatic hydroxyl groups is 1. The molecule has 5 heteroatoms. The van der Waals surface area contributed by atoms with Crippen molar-refractivity contribution in [2.45, 2.75) is 13.3 Å². The van der Waals surface area contributed by atoms with E-state index in [4.69, 9.17) is 0 Å². The van der Waals surface area contributed by atoms with Gasteiger partial charge in [0.1, 0.15) is 5.75 Å². The zero-order valence-electron chi connectivity index (χ0n) is 6.18. The van der Waals surface area contributed by atoms with E-state index in [-0.39, 0.29) is 14.8 Å². The van der Waals surface area contributed by atoms with Crippen molar-refractivity contribution in [3.8, 4) is 5.75 Å². The molecule has 0 radical (unpaired) electrons. The van der Waals surface area contributed by atoms with Gasteiger partial charge in [-0.25, -0.2) is 8.78 Å². The van der Waals surface area contributed by atoms with Gasteiger partial charge in [-0.05, 0) is 29.5 Å². The second-order valence-corrected chi connectivity index (χ2v) is 3.42. The molecule has 0 saturated heterocycles. The normalized spacial score (nSPS) is 10.8. The van der Waals surface area contributed by atoms with Gasteiger partial charge in [0.15, 0.2) is 0 Å². The average molecular weight is 285 g/mol. The van der Waals surface area contributed by atoms with Crippen LogP contribution >= 0.6 is 22.6 Å². The minimum atomic E-state index is -2.65. The number of aromatic nitrogens is 1. The fourth-order valence-electron chi connectivity index (χ4n) is 0.800. The molecule has 2 nitrogen and oxygen atoms in total. The van der Waals surface area contributed by atoms with Crippen LogP contribution in [0.4, 0.5) is 8.78 Å². The van der Waals surface area contributed by atoms with Gasteiger partial charge in [-0.3, -0.25) is 4.98 Å². The van der Waals surface area contributed by atoms with Crippen molar-refractivity contribution in [1.29, 1.82) is 0 Å². The second-order valence-electron chi connectivity index (χ2n) is 2.25.